The minimum atomic E-state index is 0.440. The maximum atomic E-state index is 5.93. The van der Waals surface area contributed by atoms with Crippen LogP contribution in [0, 0.1) is 0 Å². The zero-order valence-corrected chi connectivity index (χ0v) is 10.7. The van der Waals surface area contributed by atoms with Crippen LogP contribution >= 0.6 is 0 Å². The fourth-order valence-corrected chi connectivity index (χ4v) is 2.56. The van der Waals surface area contributed by atoms with Gasteiger partial charge in [-0.2, -0.15) is 0 Å². The van der Waals surface area contributed by atoms with Crippen molar-refractivity contribution >= 4 is 0 Å². The summed E-state index contributed by atoms with van der Waals surface area (Å²) in [6.07, 6.45) is 7.77. The summed E-state index contributed by atoms with van der Waals surface area (Å²) in [6, 6.07) is 7.29. The molecule has 2 rings (SSSR count). The number of aromatic nitrogens is 1. The average Bonchev–Trinajstić information content (AvgIpc) is 2.38. The van der Waals surface area contributed by atoms with Crippen LogP contribution in [-0.4, -0.2) is 35.6 Å². The molecule has 0 unspecified atom stereocenters. The summed E-state index contributed by atoms with van der Waals surface area (Å²) in [5.41, 5.74) is 7.12. The van der Waals surface area contributed by atoms with Gasteiger partial charge >= 0.3 is 0 Å². The van der Waals surface area contributed by atoms with Crippen LogP contribution < -0.4 is 5.73 Å². The highest BCUT2D eigenvalue weighted by Crippen LogP contribution is 2.21. The molecule has 0 saturated heterocycles. The zero-order chi connectivity index (χ0) is 12.1. The highest BCUT2D eigenvalue weighted by atomic mass is 15.1. The standard InChI is InChI=1S/C14H23N3/c1-17(14-7-5-12(15)6-8-14)11-9-13-4-2-3-10-16-13/h2-4,10,12,14H,5-9,11,15H2,1H3. The molecule has 3 nitrogen and oxygen atoms in total. The summed E-state index contributed by atoms with van der Waals surface area (Å²) < 4.78 is 0. The molecule has 0 atom stereocenters. The molecule has 0 aliphatic heterocycles. The molecule has 1 aliphatic carbocycles. The Morgan fingerprint density at radius 1 is 1.29 bits per heavy atom. The number of likely N-dealkylation sites (N-methyl/N-ethyl adjacent to an activating group) is 1. The predicted octanol–water partition coefficient (Wildman–Crippen LogP) is 1.83. The molecule has 2 N–H and O–H groups in total. The van der Waals surface area contributed by atoms with Gasteiger partial charge in [0.2, 0.25) is 0 Å². The van der Waals surface area contributed by atoms with Gasteiger partial charge < -0.3 is 10.6 Å². The van der Waals surface area contributed by atoms with Gasteiger partial charge in [-0.25, -0.2) is 0 Å². The first-order valence-electron chi connectivity index (χ1n) is 6.61. The van der Waals surface area contributed by atoms with Gasteiger partial charge in [-0.15, -0.1) is 0 Å². The molecule has 0 bridgehead atoms. The molecule has 17 heavy (non-hydrogen) atoms. The number of pyridine rings is 1. The first-order chi connectivity index (χ1) is 8.25. The van der Waals surface area contributed by atoms with E-state index in [0.717, 1.165) is 19.0 Å². The van der Waals surface area contributed by atoms with E-state index in [1.165, 1.54) is 31.4 Å². The van der Waals surface area contributed by atoms with Gasteiger partial charge in [0.25, 0.3) is 0 Å². The highest BCUT2D eigenvalue weighted by molar-refractivity contribution is 5.03. The second-order valence-corrected chi connectivity index (χ2v) is 5.12. The van der Waals surface area contributed by atoms with Crippen molar-refractivity contribution in [3.05, 3.63) is 30.1 Å². The van der Waals surface area contributed by atoms with Crippen LogP contribution in [0.3, 0.4) is 0 Å². The van der Waals surface area contributed by atoms with Crippen molar-refractivity contribution < 1.29 is 0 Å². The van der Waals surface area contributed by atoms with Gasteiger partial charge in [0, 0.05) is 36.9 Å². The first kappa shape index (κ1) is 12.5. The van der Waals surface area contributed by atoms with Gasteiger partial charge in [-0.3, -0.25) is 4.98 Å². The number of nitrogens with zero attached hydrogens (tertiary/aromatic N) is 2. The molecule has 1 heterocycles. The topological polar surface area (TPSA) is 42.2 Å². The van der Waals surface area contributed by atoms with E-state index >= 15 is 0 Å². The predicted molar refractivity (Wildman–Crippen MR) is 70.8 cm³/mol. The number of hydrogen-bond acceptors (Lipinski definition) is 3. The van der Waals surface area contributed by atoms with Crippen LogP contribution in [0.25, 0.3) is 0 Å². The summed E-state index contributed by atoms with van der Waals surface area (Å²) in [5.74, 6) is 0. The largest absolute Gasteiger partial charge is 0.328 e. The quantitative estimate of drug-likeness (QED) is 0.862. The van der Waals surface area contributed by atoms with Crippen molar-refractivity contribution in [2.75, 3.05) is 13.6 Å². The second-order valence-electron chi connectivity index (χ2n) is 5.12. The molecular formula is C14H23N3. The van der Waals surface area contributed by atoms with Crippen LogP contribution in [0.15, 0.2) is 24.4 Å². The molecule has 0 amide bonds. The molecule has 3 heteroatoms. The maximum absolute atomic E-state index is 5.93. The molecule has 1 saturated carbocycles. The fourth-order valence-electron chi connectivity index (χ4n) is 2.56. The SMILES string of the molecule is CN(CCc1ccccn1)C1CCC(N)CC1. The molecule has 0 radical (unpaired) electrons. The summed E-state index contributed by atoms with van der Waals surface area (Å²) >= 11 is 0. The van der Waals surface area contributed by atoms with E-state index in [2.05, 4.69) is 29.1 Å². The van der Waals surface area contributed by atoms with E-state index in [1.54, 1.807) is 0 Å². The third-order valence-corrected chi connectivity index (χ3v) is 3.81. The van der Waals surface area contributed by atoms with E-state index in [4.69, 9.17) is 5.73 Å². The van der Waals surface area contributed by atoms with Gasteiger partial charge in [0.15, 0.2) is 0 Å². The number of hydrogen-bond donors (Lipinski definition) is 1. The molecule has 1 aromatic heterocycles. The Balaban J connectivity index is 1.75. The molecular weight excluding hydrogens is 210 g/mol. The number of nitrogens with two attached hydrogens (primary N) is 1. The van der Waals surface area contributed by atoms with Crippen LogP contribution in [0.1, 0.15) is 31.4 Å². The van der Waals surface area contributed by atoms with Gasteiger partial charge in [-0.1, -0.05) is 6.07 Å². The van der Waals surface area contributed by atoms with E-state index in [0.29, 0.717) is 6.04 Å². The summed E-state index contributed by atoms with van der Waals surface area (Å²) in [5, 5.41) is 0. The van der Waals surface area contributed by atoms with Gasteiger partial charge in [0.1, 0.15) is 0 Å². The van der Waals surface area contributed by atoms with Crippen molar-refractivity contribution in [1.82, 2.24) is 9.88 Å². The summed E-state index contributed by atoms with van der Waals surface area (Å²) in [6.45, 7) is 1.09. The lowest BCUT2D eigenvalue weighted by Gasteiger charge is -2.33. The van der Waals surface area contributed by atoms with E-state index in [-0.39, 0.29) is 0 Å². The Kier molecular flexibility index (Phi) is 4.51. The van der Waals surface area contributed by atoms with Crippen molar-refractivity contribution in [2.45, 2.75) is 44.2 Å². The van der Waals surface area contributed by atoms with E-state index in [9.17, 15) is 0 Å². The molecule has 1 aliphatic rings. The Labute approximate surface area is 104 Å². The maximum Gasteiger partial charge on any atom is 0.0416 e. The van der Waals surface area contributed by atoms with Crippen molar-refractivity contribution in [3.63, 3.8) is 0 Å². The Morgan fingerprint density at radius 2 is 2.06 bits per heavy atom. The van der Waals surface area contributed by atoms with Crippen LogP contribution in [-0.2, 0) is 6.42 Å². The lowest BCUT2D eigenvalue weighted by molar-refractivity contribution is 0.184. The molecule has 0 spiro atoms. The fraction of sp³-hybridized carbons (Fsp3) is 0.643. The highest BCUT2D eigenvalue weighted by Gasteiger charge is 2.21. The third kappa shape index (κ3) is 3.79. The van der Waals surface area contributed by atoms with Crippen molar-refractivity contribution in [3.8, 4) is 0 Å². The normalized spacial score (nSPS) is 25.1. The monoisotopic (exact) mass is 233 g/mol. The first-order valence-corrected chi connectivity index (χ1v) is 6.61. The second kappa shape index (κ2) is 6.12. The van der Waals surface area contributed by atoms with E-state index < -0.39 is 0 Å². The minimum absolute atomic E-state index is 0.440. The van der Waals surface area contributed by atoms with Crippen LogP contribution in [0.2, 0.25) is 0 Å². The summed E-state index contributed by atoms with van der Waals surface area (Å²) in [7, 11) is 2.23. The molecule has 0 aromatic carbocycles. The Hall–Kier alpha value is -0.930. The van der Waals surface area contributed by atoms with Crippen molar-refractivity contribution in [1.29, 1.82) is 0 Å². The van der Waals surface area contributed by atoms with Crippen LogP contribution in [0.4, 0.5) is 0 Å². The Morgan fingerprint density at radius 3 is 2.71 bits per heavy atom. The smallest absolute Gasteiger partial charge is 0.0416 e. The number of rotatable bonds is 4. The average molecular weight is 233 g/mol. The minimum Gasteiger partial charge on any atom is -0.328 e. The molecule has 94 valence electrons. The summed E-state index contributed by atoms with van der Waals surface area (Å²) in [4.78, 5) is 6.83. The van der Waals surface area contributed by atoms with Crippen LogP contribution in [0.5, 0.6) is 0 Å². The lowest BCUT2D eigenvalue weighted by Crippen LogP contribution is -2.39. The lowest BCUT2D eigenvalue weighted by atomic mass is 9.91. The zero-order valence-electron chi connectivity index (χ0n) is 10.7. The van der Waals surface area contributed by atoms with E-state index in [1.807, 2.05) is 12.3 Å². The molecule has 1 fully saturated rings. The van der Waals surface area contributed by atoms with Gasteiger partial charge in [-0.05, 0) is 44.9 Å². The molecule has 1 aromatic rings. The Bertz CT molecular complexity index is 317. The van der Waals surface area contributed by atoms with Gasteiger partial charge in [0.05, 0.1) is 0 Å². The third-order valence-electron chi connectivity index (χ3n) is 3.81. The van der Waals surface area contributed by atoms with Crippen molar-refractivity contribution in [2.24, 2.45) is 5.73 Å².